The van der Waals surface area contributed by atoms with Crippen LogP contribution in [0.5, 0.6) is 0 Å². The SMILES string of the molecule is CCCCCCCCCCCCCC(=O)C(C)(C)CC. The predicted octanol–water partition coefficient (Wildman–Crippen LogP) is 6.69. The van der Waals surface area contributed by atoms with Gasteiger partial charge in [0.05, 0.1) is 0 Å². The third-order valence-corrected chi connectivity index (χ3v) is 4.65. The number of rotatable bonds is 14. The first-order valence-electron chi connectivity index (χ1n) is 9.08. The fraction of sp³-hybridized carbons (Fsp3) is 0.947. The van der Waals surface area contributed by atoms with Gasteiger partial charge in [-0.3, -0.25) is 4.79 Å². The van der Waals surface area contributed by atoms with Crippen LogP contribution in [0.2, 0.25) is 0 Å². The summed E-state index contributed by atoms with van der Waals surface area (Å²) in [7, 11) is 0. The van der Waals surface area contributed by atoms with E-state index in [1.807, 2.05) is 0 Å². The van der Waals surface area contributed by atoms with Gasteiger partial charge < -0.3 is 0 Å². The molecular weight excluding hydrogens is 244 g/mol. The van der Waals surface area contributed by atoms with Crippen molar-refractivity contribution in [2.45, 2.75) is 111 Å². The Morgan fingerprint density at radius 1 is 0.700 bits per heavy atom. The van der Waals surface area contributed by atoms with E-state index in [0.717, 1.165) is 19.3 Å². The predicted molar refractivity (Wildman–Crippen MR) is 90.2 cm³/mol. The fourth-order valence-corrected chi connectivity index (χ4v) is 2.49. The van der Waals surface area contributed by atoms with Crippen molar-refractivity contribution in [3.8, 4) is 0 Å². The summed E-state index contributed by atoms with van der Waals surface area (Å²) in [4.78, 5) is 12.0. The van der Waals surface area contributed by atoms with Gasteiger partial charge in [-0.2, -0.15) is 0 Å². The molecule has 0 aromatic heterocycles. The number of hydrogen-bond acceptors (Lipinski definition) is 1. The van der Waals surface area contributed by atoms with Gasteiger partial charge in [0.2, 0.25) is 0 Å². The molecule has 1 heteroatoms. The molecule has 0 radical (unpaired) electrons. The number of carbonyl (C=O) groups excluding carboxylic acids is 1. The highest BCUT2D eigenvalue weighted by molar-refractivity contribution is 5.83. The van der Waals surface area contributed by atoms with Gasteiger partial charge in [-0.25, -0.2) is 0 Å². The van der Waals surface area contributed by atoms with Crippen LogP contribution in [-0.4, -0.2) is 5.78 Å². The molecule has 0 aliphatic rings. The number of ketones is 1. The van der Waals surface area contributed by atoms with Gasteiger partial charge >= 0.3 is 0 Å². The van der Waals surface area contributed by atoms with Gasteiger partial charge in [-0.1, -0.05) is 91.9 Å². The lowest BCUT2D eigenvalue weighted by atomic mass is 9.83. The molecule has 0 saturated heterocycles. The largest absolute Gasteiger partial charge is 0.299 e. The zero-order valence-electron chi connectivity index (χ0n) is 14.6. The molecule has 0 heterocycles. The monoisotopic (exact) mass is 282 g/mol. The number of hydrogen-bond donors (Lipinski definition) is 0. The normalized spacial score (nSPS) is 11.8. The smallest absolute Gasteiger partial charge is 0.138 e. The van der Waals surface area contributed by atoms with E-state index in [-0.39, 0.29) is 5.41 Å². The van der Waals surface area contributed by atoms with Crippen LogP contribution in [-0.2, 0) is 4.79 Å². The van der Waals surface area contributed by atoms with Crippen LogP contribution < -0.4 is 0 Å². The maximum absolute atomic E-state index is 12.0. The first-order chi connectivity index (χ1) is 9.54. The Kier molecular flexibility index (Phi) is 12.2. The van der Waals surface area contributed by atoms with Crippen LogP contribution in [0.15, 0.2) is 0 Å². The summed E-state index contributed by atoms with van der Waals surface area (Å²) < 4.78 is 0. The summed E-state index contributed by atoms with van der Waals surface area (Å²) in [5.74, 6) is 0.455. The van der Waals surface area contributed by atoms with Crippen LogP contribution in [0, 0.1) is 5.41 Å². The van der Waals surface area contributed by atoms with Crippen LogP contribution in [0.1, 0.15) is 111 Å². The second-order valence-corrected chi connectivity index (χ2v) is 6.95. The summed E-state index contributed by atoms with van der Waals surface area (Å²) in [5, 5.41) is 0. The van der Waals surface area contributed by atoms with Crippen LogP contribution >= 0.6 is 0 Å². The Morgan fingerprint density at radius 3 is 1.50 bits per heavy atom. The number of Topliss-reactive ketones (excluding diaryl/α,β-unsaturated/α-hetero) is 1. The van der Waals surface area contributed by atoms with Crippen molar-refractivity contribution < 1.29 is 4.79 Å². The lowest BCUT2D eigenvalue weighted by Gasteiger charge is -2.20. The second-order valence-electron chi connectivity index (χ2n) is 6.95. The van der Waals surface area contributed by atoms with Gasteiger partial charge in [-0.05, 0) is 12.8 Å². The third-order valence-electron chi connectivity index (χ3n) is 4.65. The molecule has 0 bridgehead atoms. The van der Waals surface area contributed by atoms with Gasteiger partial charge in [0.15, 0.2) is 0 Å². The zero-order valence-corrected chi connectivity index (χ0v) is 14.6. The minimum absolute atomic E-state index is 0.0987. The molecule has 0 aromatic carbocycles. The van der Waals surface area contributed by atoms with Crippen molar-refractivity contribution in [3.63, 3.8) is 0 Å². The lowest BCUT2D eigenvalue weighted by molar-refractivity contribution is -0.127. The molecule has 0 aliphatic carbocycles. The minimum atomic E-state index is -0.0987. The van der Waals surface area contributed by atoms with E-state index in [2.05, 4.69) is 27.7 Å². The molecule has 0 atom stereocenters. The van der Waals surface area contributed by atoms with Crippen molar-refractivity contribution in [1.29, 1.82) is 0 Å². The summed E-state index contributed by atoms with van der Waals surface area (Å²) in [6.07, 6.45) is 16.6. The maximum atomic E-state index is 12.0. The molecule has 20 heavy (non-hydrogen) atoms. The Bertz CT molecular complexity index is 230. The van der Waals surface area contributed by atoms with Crippen LogP contribution in [0.4, 0.5) is 0 Å². The summed E-state index contributed by atoms with van der Waals surface area (Å²) in [6.45, 7) is 8.53. The summed E-state index contributed by atoms with van der Waals surface area (Å²) in [5.41, 5.74) is -0.0987. The van der Waals surface area contributed by atoms with Crippen molar-refractivity contribution in [3.05, 3.63) is 0 Å². The standard InChI is InChI=1S/C19H38O/c1-5-7-8-9-10-11-12-13-14-15-16-17-18(20)19(3,4)6-2/h5-17H2,1-4H3. The Balaban J connectivity index is 3.27. The van der Waals surface area contributed by atoms with Gasteiger partial charge in [-0.15, -0.1) is 0 Å². The molecule has 0 saturated carbocycles. The Morgan fingerprint density at radius 2 is 1.10 bits per heavy atom. The molecule has 0 aromatic rings. The van der Waals surface area contributed by atoms with Crippen LogP contribution in [0.3, 0.4) is 0 Å². The van der Waals surface area contributed by atoms with E-state index >= 15 is 0 Å². The van der Waals surface area contributed by atoms with Crippen molar-refractivity contribution >= 4 is 5.78 Å². The Hall–Kier alpha value is -0.330. The van der Waals surface area contributed by atoms with E-state index in [0.29, 0.717) is 5.78 Å². The molecule has 0 rings (SSSR count). The van der Waals surface area contributed by atoms with E-state index in [9.17, 15) is 4.79 Å². The number of unbranched alkanes of at least 4 members (excludes halogenated alkanes) is 10. The third kappa shape index (κ3) is 10.5. The number of carbonyl (C=O) groups is 1. The average Bonchev–Trinajstić information content (AvgIpc) is 2.44. The molecule has 0 fully saturated rings. The van der Waals surface area contributed by atoms with Crippen molar-refractivity contribution in [2.75, 3.05) is 0 Å². The topological polar surface area (TPSA) is 17.1 Å². The quantitative estimate of drug-likeness (QED) is 0.324. The highest BCUT2D eigenvalue weighted by atomic mass is 16.1. The van der Waals surface area contributed by atoms with Crippen molar-refractivity contribution in [2.24, 2.45) is 5.41 Å². The molecule has 120 valence electrons. The molecule has 0 N–H and O–H groups in total. The minimum Gasteiger partial charge on any atom is -0.299 e. The first kappa shape index (κ1) is 19.7. The highest BCUT2D eigenvalue weighted by Gasteiger charge is 2.23. The van der Waals surface area contributed by atoms with Gasteiger partial charge in [0, 0.05) is 11.8 Å². The van der Waals surface area contributed by atoms with E-state index in [4.69, 9.17) is 0 Å². The first-order valence-corrected chi connectivity index (χ1v) is 9.08. The van der Waals surface area contributed by atoms with E-state index in [1.54, 1.807) is 0 Å². The van der Waals surface area contributed by atoms with Crippen LogP contribution in [0.25, 0.3) is 0 Å². The van der Waals surface area contributed by atoms with E-state index in [1.165, 1.54) is 64.2 Å². The molecule has 0 unspecified atom stereocenters. The van der Waals surface area contributed by atoms with E-state index < -0.39 is 0 Å². The molecule has 0 spiro atoms. The van der Waals surface area contributed by atoms with Gasteiger partial charge in [0.1, 0.15) is 5.78 Å². The average molecular weight is 283 g/mol. The molecule has 0 aliphatic heterocycles. The van der Waals surface area contributed by atoms with Gasteiger partial charge in [0.25, 0.3) is 0 Å². The molecule has 0 amide bonds. The maximum Gasteiger partial charge on any atom is 0.138 e. The lowest BCUT2D eigenvalue weighted by Crippen LogP contribution is -2.22. The Labute approximate surface area is 127 Å². The second kappa shape index (κ2) is 12.4. The fourth-order valence-electron chi connectivity index (χ4n) is 2.49. The van der Waals surface area contributed by atoms with Crippen molar-refractivity contribution in [1.82, 2.24) is 0 Å². The summed E-state index contributed by atoms with van der Waals surface area (Å²) in [6, 6.07) is 0. The molecular formula is C19H38O. The highest BCUT2D eigenvalue weighted by Crippen LogP contribution is 2.24. The molecule has 1 nitrogen and oxygen atoms in total. The zero-order chi connectivity index (χ0) is 15.3. The summed E-state index contributed by atoms with van der Waals surface area (Å²) >= 11 is 0.